The molecule has 8 heavy (non-hydrogen) atoms. The van der Waals surface area contributed by atoms with Gasteiger partial charge in [0.2, 0.25) is 6.29 Å². The summed E-state index contributed by atoms with van der Waals surface area (Å²) in [6, 6.07) is 0. The number of nitrogens with zero attached hydrogens (tertiary/aromatic N) is 2. The van der Waals surface area contributed by atoms with Gasteiger partial charge < -0.3 is 10.6 Å². The number of aliphatic carboxylic acids is 1. The van der Waals surface area contributed by atoms with Crippen molar-refractivity contribution in [1.82, 2.24) is 0 Å². The highest BCUT2D eigenvalue weighted by atomic mass is 16.4. The summed E-state index contributed by atoms with van der Waals surface area (Å²) in [5.41, 5.74) is 6.77. The lowest BCUT2D eigenvalue weighted by atomic mass is 10.4. The number of carbonyl (C=O) groups is 2. The number of rotatable bonds is 2. The van der Waals surface area contributed by atoms with E-state index < -0.39 is 11.7 Å². The second-order valence-electron chi connectivity index (χ2n) is 0.908. The lowest BCUT2D eigenvalue weighted by Gasteiger charge is -1.69. The van der Waals surface area contributed by atoms with Gasteiger partial charge in [0, 0.05) is 0 Å². The van der Waals surface area contributed by atoms with Crippen LogP contribution in [0.3, 0.4) is 0 Å². The molecular weight excluding hydrogens is 112 g/mol. The first-order valence-corrected chi connectivity index (χ1v) is 1.63. The first-order chi connectivity index (χ1) is 3.72. The van der Waals surface area contributed by atoms with Gasteiger partial charge in [-0.05, 0) is 0 Å². The van der Waals surface area contributed by atoms with Crippen LogP contribution in [0.25, 0.3) is 5.53 Å². The number of carboxylic acids is 1. The predicted molar refractivity (Wildman–Crippen MR) is 22.3 cm³/mol. The summed E-state index contributed by atoms with van der Waals surface area (Å²) < 4.78 is 0. The van der Waals surface area contributed by atoms with E-state index in [1.54, 1.807) is 0 Å². The molecule has 0 aromatic heterocycles. The molecule has 0 aliphatic rings. The quantitative estimate of drug-likeness (QED) is 0.163. The van der Waals surface area contributed by atoms with Crippen LogP contribution in [0.4, 0.5) is 0 Å². The van der Waals surface area contributed by atoms with E-state index in [0.29, 0.717) is 0 Å². The Bertz CT molecular complexity index is 167. The molecule has 0 bridgehead atoms. The monoisotopic (exact) mass is 114 g/mol. The molecule has 0 atom stereocenters. The van der Waals surface area contributed by atoms with E-state index in [4.69, 9.17) is 10.6 Å². The van der Waals surface area contributed by atoms with E-state index in [9.17, 15) is 9.59 Å². The molecule has 42 valence electrons. The van der Waals surface area contributed by atoms with Gasteiger partial charge in [-0.2, -0.15) is 4.79 Å². The molecule has 5 nitrogen and oxygen atoms in total. The van der Waals surface area contributed by atoms with Crippen LogP contribution in [0.15, 0.2) is 0 Å². The third kappa shape index (κ3) is 1.32. The summed E-state index contributed by atoms with van der Waals surface area (Å²) in [7, 11) is 0. The number of hydrogen-bond donors (Lipinski definition) is 1. The fourth-order valence-corrected chi connectivity index (χ4v) is 0.117. The van der Waals surface area contributed by atoms with E-state index in [-0.39, 0.29) is 6.29 Å². The van der Waals surface area contributed by atoms with Gasteiger partial charge in [0.05, 0.1) is 0 Å². The molecule has 0 radical (unpaired) electrons. The maximum Gasteiger partial charge on any atom is 0.438 e. The predicted octanol–water partition coefficient (Wildman–Crippen LogP) is -1.06. The van der Waals surface area contributed by atoms with Crippen LogP contribution >= 0.6 is 0 Å². The zero-order valence-corrected chi connectivity index (χ0v) is 3.74. The van der Waals surface area contributed by atoms with Crippen molar-refractivity contribution in [2.75, 3.05) is 0 Å². The summed E-state index contributed by atoms with van der Waals surface area (Å²) in [5, 5.41) is 7.85. The molecule has 0 spiro atoms. The summed E-state index contributed by atoms with van der Waals surface area (Å²) in [4.78, 5) is 21.3. The second-order valence-corrected chi connectivity index (χ2v) is 0.908. The second kappa shape index (κ2) is 2.65. The van der Waals surface area contributed by atoms with Crippen molar-refractivity contribution in [3.05, 3.63) is 5.53 Å². The van der Waals surface area contributed by atoms with E-state index in [2.05, 4.69) is 4.79 Å². The maximum atomic E-state index is 9.64. The number of carbonyl (C=O) groups excluding carboxylic acids is 1. The highest BCUT2D eigenvalue weighted by Gasteiger charge is 2.15. The molecule has 0 rings (SSSR count). The van der Waals surface area contributed by atoms with Gasteiger partial charge in [-0.25, -0.2) is 4.79 Å². The third-order valence-electron chi connectivity index (χ3n) is 0.438. The Labute approximate surface area is 44.2 Å². The zero-order chi connectivity index (χ0) is 6.57. The Kier molecular flexibility index (Phi) is 2.16. The van der Waals surface area contributed by atoms with Crippen LogP contribution in [0.1, 0.15) is 0 Å². The summed E-state index contributed by atoms with van der Waals surface area (Å²) >= 11 is 0. The summed E-state index contributed by atoms with van der Waals surface area (Å²) in [6.07, 6.45) is -0.0532. The van der Waals surface area contributed by atoms with Crippen molar-refractivity contribution in [1.29, 1.82) is 0 Å². The smallest absolute Gasteiger partial charge is 0.438 e. The van der Waals surface area contributed by atoms with Crippen LogP contribution in [0.2, 0.25) is 0 Å². The van der Waals surface area contributed by atoms with Crippen molar-refractivity contribution in [3.63, 3.8) is 0 Å². The molecular formula is C3H2N2O3. The number of aldehydes is 1. The molecule has 0 fully saturated rings. The summed E-state index contributed by atoms with van der Waals surface area (Å²) in [5.74, 6) is -1.54. The lowest BCUT2D eigenvalue weighted by molar-refractivity contribution is -0.135. The summed E-state index contributed by atoms with van der Waals surface area (Å²) in [6.45, 7) is 0. The largest absolute Gasteiger partial charge is 0.472 e. The van der Waals surface area contributed by atoms with Crippen molar-refractivity contribution < 1.29 is 19.5 Å². The van der Waals surface area contributed by atoms with Gasteiger partial charge in [-0.3, -0.25) is 4.79 Å². The molecule has 0 heterocycles. The minimum Gasteiger partial charge on any atom is -0.472 e. The molecule has 0 aromatic rings. The standard InChI is InChI=1S/C3H2N2O3/c4-5-2(1-6)3(7)8/h1H,(H,7,8). The van der Waals surface area contributed by atoms with E-state index in [1.807, 2.05) is 0 Å². The Balaban J connectivity index is 4.37. The highest BCUT2D eigenvalue weighted by Crippen LogP contribution is 1.61. The van der Waals surface area contributed by atoms with Crippen LogP contribution in [0, 0.1) is 0 Å². The van der Waals surface area contributed by atoms with Gasteiger partial charge in [0.15, 0.2) is 0 Å². The third-order valence-corrected chi connectivity index (χ3v) is 0.438. The Morgan fingerprint density at radius 2 is 2.25 bits per heavy atom. The molecule has 5 heteroatoms. The molecule has 0 unspecified atom stereocenters. The van der Waals surface area contributed by atoms with E-state index in [1.165, 1.54) is 0 Å². The molecule has 0 aliphatic carbocycles. The van der Waals surface area contributed by atoms with E-state index in [0.717, 1.165) is 0 Å². The van der Waals surface area contributed by atoms with Gasteiger partial charge in [-0.15, -0.1) is 0 Å². The first kappa shape index (κ1) is 6.52. The van der Waals surface area contributed by atoms with Gasteiger partial charge >= 0.3 is 11.7 Å². The minimum absolute atomic E-state index is 0.0532. The van der Waals surface area contributed by atoms with Crippen molar-refractivity contribution >= 4 is 18.0 Å². The fraction of sp³-hybridized carbons (Fsp3) is 0. The van der Waals surface area contributed by atoms with Gasteiger partial charge in [0.1, 0.15) is 0 Å². The molecule has 0 aromatic carbocycles. The lowest BCUT2D eigenvalue weighted by Crippen LogP contribution is -2.14. The minimum atomic E-state index is -1.54. The average molecular weight is 114 g/mol. The Morgan fingerprint density at radius 3 is 2.25 bits per heavy atom. The molecule has 0 amide bonds. The average Bonchev–Trinajstić information content (AvgIpc) is 1.69. The van der Waals surface area contributed by atoms with Crippen molar-refractivity contribution in [2.45, 2.75) is 0 Å². The van der Waals surface area contributed by atoms with Gasteiger partial charge in [-0.1, -0.05) is 0 Å². The maximum absolute atomic E-state index is 9.64. The molecule has 0 saturated heterocycles. The molecule has 1 N–H and O–H groups in total. The topological polar surface area (TPSA) is 90.8 Å². The van der Waals surface area contributed by atoms with Crippen LogP contribution in [0.5, 0.6) is 0 Å². The van der Waals surface area contributed by atoms with Crippen molar-refractivity contribution in [2.24, 2.45) is 0 Å². The first-order valence-electron chi connectivity index (χ1n) is 1.63. The van der Waals surface area contributed by atoms with Crippen LogP contribution in [-0.4, -0.2) is 27.9 Å². The van der Waals surface area contributed by atoms with Crippen LogP contribution in [-0.2, 0) is 9.59 Å². The highest BCUT2D eigenvalue weighted by molar-refractivity contribution is 6.55. The van der Waals surface area contributed by atoms with E-state index >= 15 is 0 Å². The van der Waals surface area contributed by atoms with Crippen LogP contribution < -0.4 is 0 Å². The normalized spacial score (nSPS) is 7.00. The van der Waals surface area contributed by atoms with Gasteiger partial charge in [0.25, 0.3) is 0 Å². The van der Waals surface area contributed by atoms with Crippen molar-refractivity contribution in [3.8, 4) is 0 Å². The zero-order valence-electron chi connectivity index (χ0n) is 3.74. The molecule has 0 aliphatic heterocycles. The fourth-order valence-electron chi connectivity index (χ4n) is 0.117. The Hall–Kier alpha value is -1.48. The number of hydrogen-bond acceptors (Lipinski definition) is 2. The SMILES string of the molecule is [N-]=[N+]=C(C=O)C(=O)O. The Morgan fingerprint density at radius 1 is 1.75 bits per heavy atom. The number of carboxylic acid groups (broad SMARTS) is 1. The molecule has 0 saturated carbocycles.